The summed E-state index contributed by atoms with van der Waals surface area (Å²) in [6.07, 6.45) is 0.854. The first-order valence-corrected chi connectivity index (χ1v) is 11.3. The van der Waals surface area contributed by atoms with Crippen molar-refractivity contribution in [3.8, 4) is 6.07 Å². The third kappa shape index (κ3) is 4.16. The molecule has 1 aromatic heterocycles. The Kier molecular flexibility index (Phi) is 5.99. The van der Waals surface area contributed by atoms with Crippen LogP contribution in [0, 0.1) is 11.3 Å². The van der Waals surface area contributed by atoms with E-state index in [0.29, 0.717) is 24.5 Å². The van der Waals surface area contributed by atoms with Gasteiger partial charge < -0.3 is 9.80 Å². The Labute approximate surface area is 190 Å². The van der Waals surface area contributed by atoms with Gasteiger partial charge in [-0.15, -0.1) is 11.3 Å². The molecule has 1 saturated heterocycles. The predicted octanol–water partition coefficient (Wildman–Crippen LogP) is 4.64. The standard InChI is InChI=1S/C24H22ClN3O2S/c1-24(23(30)27(13-11-26)15-17-6-8-19(25)9-7-17)10-12-28(24)22(29)14-18-16-31-21-5-3-2-4-20(18)21/h2-9,16H,10,12-15H2,1H3. The molecule has 1 fully saturated rings. The van der Waals surface area contributed by atoms with Crippen molar-refractivity contribution in [2.75, 3.05) is 13.1 Å². The van der Waals surface area contributed by atoms with Crippen molar-refractivity contribution < 1.29 is 9.59 Å². The van der Waals surface area contributed by atoms with Gasteiger partial charge in [0.2, 0.25) is 11.8 Å². The largest absolute Gasteiger partial charge is 0.328 e. The number of nitriles is 1. The third-order valence-corrected chi connectivity index (χ3v) is 7.18. The van der Waals surface area contributed by atoms with Gasteiger partial charge in [-0.3, -0.25) is 9.59 Å². The lowest BCUT2D eigenvalue weighted by Crippen LogP contribution is -2.68. The monoisotopic (exact) mass is 451 g/mol. The highest BCUT2D eigenvalue weighted by molar-refractivity contribution is 7.17. The molecule has 1 aliphatic rings. The number of carbonyl (C=O) groups excluding carboxylic acids is 2. The van der Waals surface area contributed by atoms with Crippen LogP contribution in [0.3, 0.4) is 0 Å². The summed E-state index contributed by atoms with van der Waals surface area (Å²) >= 11 is 7.57. The number of hydrogen-bond donors (Lipinski definition) is 0. The summed E-state index contributed by atoms with van der Waals surface area (Å²) in [6.45, 7) is 2.61. The van der Waals surface area contributed by atoms with Crippen LogP contribution in [0.15, 0.2) is 53.9 Å². The summed E-state index contributed by atoms with van der Waals surface area (Å²) in [6, 6.07) is 17.3. The number of benzene rings is 2. The summed E-state index contributed by atoms with van der Waals surface area (Å²) in [5, 5.41) is 13.0. The molecule has 0 bridgehead atoms. The van der Waals surface area contributed by atoms with Gasteiger partial charge in [0, 0.05) is 22.8 Å². The van der Waals surface area contributed by atoms with E-state index in [9.17, 15) is 14.9 Å². The van der Waals surface area contributed by atoms with E-state index in [2.05, 4.69) is 6.07 Å². The first-order valence-electron chi connectivity index (χ1n) is 10.1. The molecule has 2 aromatic carbocycles. The molecule has 158 valence electrons. The highest BCUT2D eigenvalue weighted by atomic mass is 35.5. The van der Waals surface area contributed by atoms with Crippen LogP contribution in [0.25, 0.3) is 10.1 Å². The fourth-order valence-corrected chi connectivity index (χ4v) is 5.13. The minimum absolute atomic E-state index is 0.0335. The third-order valence-electron chi connectivity index (χ3n) is 5.92. The molecule has 1 aliphatic heterocycles. The van der Waals surface area contributed by atoms with Crippen LogP contribution in [0.1, 0.15) is 24.5 Å². The summed E-state index contributed by atoms with van der Waals surface area (Å²) in [5.74, 6) is -0.257. The topological polar surface area (TPSA) is 64.4 Å². The molecule has 0 aliphatic carbocycles. The second-order valence-electron chi connectivity index (χ2n) is 7.95. The SMILES string of the molecule is CC1(C(=O)N(CC#N)Cc2ccc(Cl)cc2)CCN1C(=O)Cc1csc2ccccc12. The Morgan fingerprint density at radius 1 is 1.23 bits per heavy atom. The van der Waals surface area contributed by atoms with E-state index in [0.717, 1.165) is 21.2 Å². The van der Waals surface area contributed by atoms with Gasteiger partial charge in [-0.2, -0.15) is 5.26 Å². The molecule has 31 heavy (non-hydrogen) atoms. The number of amides is 2. The lowest BCUT2D eigenvalue weighted by molar-refractivity contribution is -0.163. The zero-order chi connectivity index (χ0) is 22.0. The van der Waals surface area contributed by atoms with E-state index in [4.69, 9.17) is 11.6 Å². The number of fused-ring (bicyclic) bond motifs is 1. The lowest BCUT2D eigenvalue weighted by atomic mass is 9.84. The molecule has 3 aromatic rings. The highest BCUT2D eigenvalue weighted by Gasteiger charge is 2.50. The highest BCUT2D eigenvalue weighted by Crippen LogP contribution is 2.34. The molecule has 7 heteroatoms. The summed E-state index contributed by atoms with van der Waals surface area (Å²) in [7, 11) is 0. The zero-order valence-electron chi connectivity index (χ0n) is 17.2. The molecule has 1 unspecified atom stereocenters. The average molecular weight is 452 g/mol. The number of halogens is 1. The molecule has 2 heterocycles. The van der Waals surface area contributed by atoms with Gasteiger partial charge in [0.05, 0.1) is 12.5 Å². The molecule has 2 amide bonds. The van der Waals surface area contributed by atoms with Crippen molar-refractivity contribution in [3.63, 3.8) is 0 Å². The zero-order valence-corrected chi connectivity index (χ0v) is 18.7. The van der Waals surface area contributed by atoms with Gasteiger partial charge in [-0.05, 0) is 53.4 Å². The van der Waals surface area contributed by atoms with E-state index in [1.54, 1.807) is 35.3 Å². The number of nitrogens with zero attached hydrogens (tertiary/aromatic N) is 3. The lowest BCUT2D eigenvalue weighted by Gasteiger charge is -2.50. The number of carbonyl (C=O) groups is 2. The summed E-state index contributed by atoms with van der Waals surface area (Å²) < 4.78 is 1.15. The Bertz CT molecular complexity index is 1170. The van der Waals surface area contributed by atoms with Gasteiger partial charge in [0.1, 0.15) is 12.1 Å². The Morgan fingerprint density at radius 3 is 2.65 bits per heavy atom. The van der Waals surface area contributed by atoms with Gasteiger partial charge in [0.25, 0.3) is 0 Å². The van der Waals surface area contributed by atoms with Crippen LogP contribution in [-0.2, 0) is 22.6 Å². The molecule has 4 rings (SSSR count). The Hall–Kier alpha value is -2.88. The van der Waals surface area contributed by atoms with E-state index in [1.165, 1.54) is 4.90 Å². The van der Waals surface area contributed by atoms with Crippen molar-refractivity contribution in [1.29, 1.82) is 5.26 Å². The summed E-state index contributed by atoms with van der Waals surface area (Å²) in [5.41, 5.74) is 0.951. The summed E-state index contributed by atoms with van der Waals surface area (Å²) in [4.78, 5) is 29.7. The van der Waals surface area contributed by atoms with E-state index in [1.807, 2.05) is 41.8 Å². The van der Waals surface area contributed by atoms with Crippen LogP contribution in [-0.4, -0.2) is 40.2 Å². The van der Waals surface area contributed by atoms with E-state index >= 15 is 0 Å². The second-order valence-corrected chi connectivity index (χ2v) is 9.30. The molecule has 0 saturated carbocycles. The molecular weight excluding hydrogens is 430 g/mol. The van der Waals surface area contributed by atoms with Gasteiger partial charge >= 0.3 is 0 Å². The fourth-order valence-electron chi connectivity index (χ4n) is 4.05. The second kappa shape index (κ2) is 8.70. The minimum Gasteiger partial charge on any atom is -0.328 e. The van der Waals surface area contributed by atoms with Gasteiger partial charge in [0.15, 0.2) is 0 Å². The first-order chi connectivity index (χ1) is 14.9. The maximum Gasteiger partial charge on any atom is 0.249 e. The Morgan fingerprint density at radius 2 is 1.97 bits per heavy atom. The van der Waals surface area contributed by atoms with Crippen molar-refractivity contribution in [3.05, 3.63) is 70.1 Å². The Balaban J connectivity index is 1.50. The van der Waals surface area contributed by atoms with Crippen molar-refractivity contribution >= 4 is 44.8 Å². The maximum atomic E-state index is 13.4. The number of thiophene rings is 1. The van der Waals surface area contributed by atoms with Crippen LogP contribution in [0.5, 0.6) is 0 Å². The first kappa shape index (κ1) is 21.4. The number of likely N-dealkylation sites (tertiary alicyclic amines) is 1. The fraction of sp³-hybridized carbons (Fsp3) is 0.292. The van der Waals surface area contributed by atoms with Crippen LogP contribution in [0.4, 0.5) is 0 Å². The molecule has 1 atom stereocenters. The van der Waals surface area contributed by atoms with E-state index in [-0.39, 0.29) is 24.8 Å². The van der Waals surface area contributed by atoms with E-state index < -0.39 is 5.54 Å². The van der Waals surface area contributed by atoms with Crippen LogP contribution < -0.4 is 0 Å². The van der Waals surface area contributed by atoms with Crippen LogP contribution in [0.2, 0.25) is 5.02 Å². The molecular formula is C24H22ClN3O2S. The molecule has 0 radical (unpaired) electrons. The quantitative estimate of drug-likeness (QED) is 0.513. The minimum atomic E-state index is -0.924. The number of hydrogen-bond acceptors (Lipinski definition) is 4. The van der Waals surface area contributed by atoms with Gasteiger partial charge in [-0.25, -0.2) is 0 Å². The van der Waals surface area contributed by atoms with Crippen molar-refractivity contribution in [2.24, 2.45) is 0 Å². The van der Waals surface area contributed by atoms with Crippen molar-refractivity contribution in [1.82, 2.24) is 9.80 Å². The molecule has 0 N–H and O–H groups in total. The van der Waals surface area contributed by atoms with Crippen LogP contribution >= 0.6 is 22.9 Å². The molecule has 5 nitrogen and oxygen atoms in total. The van der Waals surface area contributed by atoms with Gasteiger partial charge in [-0.1, -0.05) is 41.9 Å². The van der Waals surface area contributed by atoms with Crippen molar-refractivity contribution in [2.45, 2.75) is 31.8 Å². The number of rotatable bonds is 6. The average Bonchev–Trinajstić information content (AvgIpc) is 3.16. The normalized spacial score (nSPS) is 17.8. The maximum absolute atomic E-state index is 13.4. The molecule has 0 spiro atoms. The predicted molar refractivity (Wildman–Crippen MR) is 123 cm³/mol. The smallest absolute Gasteiger partial charge is 0.249 e.